The second-order valence-electron chi connectivity index (χ2n) is 8.68. The molecule has 1 atom stereocenters. The van der Waals surface area contributed by atoms with Crippen LogP contribution in [-0.4, -0.2) is 20.2 Å². The van der Waals surface area contributed by atoms with Gasteiger partial charge in [-0.15, -0.1) is 0 Å². The van der Waals surface area contributed by atoms with Crippen molar-refractivity contribution in [3.63, 3.8) is 0 Å². The monoisotopic (exact) mass is 496 g/mol. The summed E-state index contributed by atoms with van der Waals surface area (Å²) in [5.74, 6) is 0.661. The van der Waals surface area contributed by atoms with Crippen LogP contribution in [-0.2, 0) is 0 Å². The Kier molecular flexibility index (Phi) is 5.98. The van der Waals surface area contributed by atoms with Crippen molar-refractivity contribution in [2.45, 2.75) is 19.8 Å². The summed E-state index contributed by atoms with van der Waals surface area (Å²) in [6, 6.07) is 18.2. The van der Waals surface area contributed by atoms with Gasteiger partial charge in [0, 0.05) is 34.2 Å². The van der Waals surface area contributed by atoms with Gasteiger partial charge in [-0.25, -0.2) is 4.79 Å². The Bertz CT molecular complexity index is 1630. The van der Waals surface area contributed by atoms with Gasteiger partial charge in [-0.05, 0) is 37.6 Å². The SMILES string of the molecule is COc1ccc(C2C(C#N)=C(N)Oc3cc(OC(=O)c4oc5cc(C)ccc5c4C)ccc32)c(OC)c1. The first-order valence-corrected chi connectivity index (χ1v) is 11.5. The van der Waals surface area contributed by atoms with E-state index in [0.717, 1.165) is 10.9 Å². The summed E-state index contributed by atoms with van der Waals surface area (Å²) in [5, 5.41) is 10.7. The number of nitriles is 1. The van der Waals surface area contributed by atoms with E-state index in [1.807, 2.05) is 38.1 Å². The molecule has 2 N–H and O–H groups in total. The lowest BCUT2D eigenvalue weighted by molar-refractivity contribution is 0.0702. The number of nitrogens with two attached hydrogens (primary N) is 1. The van der Waals surface area contributed by atoms with Crippen molar-refractivity contribution in [2.24, 2.45) is 5.73 Å². The van der Waals surface area contributed by atoms with Gasteiger partial charge in [-0.1, -0.05) is 24.3 Å². The van der Waals surface area contributed by atoms with E-state index in [9.17, 15) is 10.1 Å². The molecule has 0 amide bonds. The topological polar surface area (TPSA) is 117 Å². The van der Waals surface area contributed by atoms with Crippen molar-refractivity contribution in [3.05, 3.63) is 94.1 Å². The third-order valence-electron chi connectivity index (χ3n) is 6.43. The van der Waals surface area contributed by atoms with Gasteiger partial charge in [0.05, 0.1) is 20.1 Å². The summed E-state index contributed by atoms with van der Waals surface area (Å²) in [4.78, 5) is 13.0. The van der Waals surface area contributed by atoms with Gasteiger partial charge >= 0.3 is 5.97 Å². The number of nitrogens with zero attached hydrogens (tertiary/aromatic N) is 1. The number of furan rings is 1. The molecule has 37 heavy (non-hydrogen) atoms. The maximum absolute atomic E-state index is 13.0. The number of allylic oxidation sites excluding steroid dienone is 1. The number of hydrogen-bond acceptors (Lipinski definition) is 8. The van der Waals surface area contributed by atoms with Gasteiger partial charge in [-0.3, -0.25) is 0 Å². The second-order valence-corrected chi connectivity index (χ2v) is 8.68. The number of benzene rings is 3. The van der Waals surface area contributed by atoms with E-state index in [2.05, 4.69) is 6.07 Å². The van der Waals surface area contributed by atoms with Crippen molar-refractivity contribution >= 4 is 16.9 Å². The fourth-order valence-corrected chi connectivity index (χ4v) is 4.56. The minimum absolute atomic E-state index is 0.0372. The molecule has 0 radical (unpaired) electrons. The van der Waals surface area contributed by atoms with Gasteiger partial charge in [0.2, 0.25) is 11.6 Å². The predicted octanol–water partition coefficient (Wildman–Crippen LogP) is 5.50. The van der Waals surface area contributed by atoms with E-state index in [4.69, 9.17) is 29.1 Å². The Balaban J connectivity index is 1.51. The zero-order valence-electron chi connectivity index (χ0n) is 20.7. The third kappa shape index (κ3) is 4.10. The molecule has 0 fully saturated rings. The molecule has 0 bridgehead atoms. The Morgan fingerprint density at radius 1 is 0.973 bits per heavy atom. The number of ether oxygens (including phenoxy) is 4. The van der Waals surface area contributed by atoms with Crippen molar-refractivity contribution in [1.29, 1.82) is 5.26 Å². The van der Waals surface area contributed by atoms with Crippen LogP contribution in [0.15, 0.2) is 70.5 Å². The highest BCUT2D eigenvalue weighted by atomic mass is 16.5. The van der Waals surface area contributed by atoms with E-state index in [0.29, 0.717) is 39.5 Å². The molecule has 8 nitrogen and oxygen atoms in total. The summed E-state index contributed by atoms with van der Waals surface area (Å²) < 4.78 is 28.1. The number of hydrogen-bond donors (Lipinski definition) is 1. The predicted molar refractivity (Wildman–Crippen MR) is 136 cm³/mol. The lowest BCUT2D eigenvalue weighted by Gasteiger charge is -2.27. The highest BCUT2D eigenvalue weighted by Crippen LogP contribution is 2.46. The van der Waals surface area contributed by atoms with E-state index >= 15 is 0 Å². The quantitative estimate of drug-likeness (QED) is 0.284. The van der Waals surface area contributed by atoms with Gasteiger partial charge < -0.3 is 29.1 Å². The van der Waals surface area contributed by atoms with Gasteiger partial charge in [0.25, 0.3) is 0 Å². The number of aryl methyl sites for hydroxylation is 2. The zero-order chi connectivity index (χ0) is 26.3. The summed E-state index contributed by atoms with van der Waals surface area (Å²) in [5.41, 5.74) is 10.1. The molecule has 0 saturated heterocycles. The van der Waals surface area contributed by atoms with Crippen LogP contribution < -0.4 is 24.7 Å². The van der Waals surface area contributed by atoms with Crippen molar-refractivity contribution < 1.29 is 28.2 Å². The highest BCUT2D eigenvalue weighted by molar-refractivity contribution is 5.97. The van der Waals surface area contributed by atoms with Crippen molar-refractivity contribution in [1.82, 2.24) is 0 Å². The maximum atomic E-state index is 13.0. The highest BCUT2D eigenvalue weighted by Gasteiger charge is 2.33. The molecule has 1 aliphatic rings. The Morgan fingerprint density at radius 3 is 2.46 bits per heavy atom. The summed E-state index contributed by atoms with van der Waals surface area (Å²) in [7, 11) is 3.11. The average Bonchev–Trinajstić information content (AvgIpc) is 3.22. The van der Waals surface area contributed by atoms with Crippen LogP contribution in [0.1, 0.15) is 38.7 Å². The molecule has 186 valence electrons. The minimum atomic E-state index is -0.628. The standard InChI is InChI=1S/C29H24N2O6/c1-15-5-8-19-16(2)27(36-24(19)11-15)29(32)35-18-7-10-21-25(13-18)37-28(31)22(14-30)26(21)20-9-6-17(33-3)12-23(20)34-4/h5-13,26H,31H2,1-4H3. The molecule has 2 heterocycles. The third-order valence-corrected chi connectivity index (χ3v) is 6.43. The first kappa shape index (κ1) is 23.8. The first-order valence-electron chi connectivity index (χ1n) is 11.5. The van der Waals surface area contributed by atoms with E-state index in [1.165, 1.54) is 0 Å². The zero-order valence-corrected chi connectivity index (χ0v) is 20.7. The van der Waals surface area contributed by atoms with Crippen molar-refractivity contribution in [3.8, 4) is 29.1 Å². The summed E-state index contributed by atoms with van der Waals surface area (Å²) >= 11 is 0. The number of methoxy groups -OCH3 is 2. The van der Waals surface area contributed by atoms with Crippen LogP contribution in [0.4, 0.5) is 0 Å². The van der Waals surface area contributed by atoms with E-state index < -0.39 is 11.9 Å². The minimum Gasteiger partial charge on any atom is -0.497 e. The summed E-state index contributed by atoms with van der Waals surface area (Å²) in [6.07, 6.45) is 0. The molecule has 0 spiro atoms. The van der Waals surface area contributed by atoms with Crippen LogP contribution in [0.3, 0.4) is 0 Å². The fraction of sp³-hybridized carbons (Fsp3) is 0.172. The van der Waals surface area contributed by atoms with Crippen LogP contribution >= 0.6 is 0 Å². The van der Waals surface area contributed by atoms with Crippen LogP contribution in [0, 0.1) is 25.2 Å². The number of esters is 1. The fourth-order valence-electron chi connectivity index (χ4n) is 4.56. The smallest absolute Gasteiger partial charge is 0.379 e. The van der Waals surface area contributed by atoms with E-state index in [-0.39, 0.29) is 23.0 Å². The molecular weight excluding hydrogens is 472 g/mol. The first-order chi connectivity index (χ1) is 17.8. The Labute approximate surface area is 213 Å². The normalized spacial score (nSPS) is 14.5. The molecule has 0 saturated carbocycles. The molecule has 0 aliphatic carbocycles. The lowest BCUT2D eigenvalue weighted by atomic mass is 9.83. The van der Waals surface area contributed by atoms with Gasteiger partial charge in [0.15, 0.2) is 0 Å². The molecule has 1 unspecified atom stereocenters. The average molecular weight is 497 g/mol. The Morgan fingerprint density at radius 2 is 1.73 bits per heavy atom. The molecule has 5 rings (SSSR count). The van der Waals surface area contributed by atoms with Gasteiger partial charge in [0.1, 0.15) is 40.2 Å². The molecular formula is C29H24N2O6. The number of carbonyl (C=O) groups is 1. The van der Waals surface area contributed by atoms with E-state index in [1.54, 1.807) is 44.6 Å². The number of rotatable bonds is 5. The number of fused-ring (bicyclic) bond motifs is 2. The van der Waals surface area contributed by atoms with Crippen LogP contribution in [0.25, 0.3) is 11.0 Å². The number of carbonyl (C=O) groups excluding carboxylic acids is 1. The largest absolute Gasteiger partial charge is 0.497 e. The van der Waals surface area contributed by atoms with Crippen LogP contribution in [0.5, 0.6) is 23.0 Å². The molecule has 1 aromatic heterocycles. The molecule has 3 aromatic carbocycles. The van der Waals surface area contributed by atoms with Crippen LogP contribution in [0.2, 0.25) is 0 Å². The van der Waals surface area contributed by atoms with Crippen molar-refractivity contribution in [2.75, 3.05) is 14.2 Å². The molecule has 1 aliphatic heterocycles. The van der Waals surface area contributed by atoms with Gasteiger partial charge in [-0.2, -0.15) is 5.26 Å². The molecule has 4 aromatic rings. The Hall–Kier alpha value is -4.90. The molecule has 8 heteroatoms. The summed E-state index contributed by atoms with van der Waals surface area (Å²) in [6.45, 7) is 3.77. The second kappa shape index (κ2) is 9.28. The lowest BCUT2D eigenvalue weighted by Crippen LogP contribution is -2.21. The maximum Gasteiger partial charge on any atom is 0.379 e.